The van der Waals surface area contributed by atoms with Crippen LogP contribution in [0.15, 0.2) is 36.9 Å². The highest BCUT2D eigenvalue weighted by molar-refractivity contribution is 5.93. The summed E-state index contributed by atoms with van der Waals surface area (Å²) in [5, 5.41) is 4.23. The molecule has 1 saturated heterocycles. The van der Waals surface area contributed by atoms with Gasteiger partial charge in [-0.25, -0.2) is 4.98 Å². The van der Waals surface area contributed by atoms with Gasteiger partial charge in [-0.1, -0.05) is 0 Å². The summed E-state index contributed by atoms with van der Waals surface area (Å²) in [5.74, 6) is -0.00212. The van der Waals surface area contributed by atoms with Crippen LogP contribution in [0.5, 0.6) is 0 Å². The molecule has 0 aliphatic carbocycles. The molecule has 1 unspecified atom stereocenters. The van der Waals surface area contributed by atoms with Gasteiger partial charge in [0.25, 0.3) is 5.91 Å². The smallest absolute Gasteiger partial charge is 0.274 e. The second-order valence-electron chi connectivity index (χ2n) is 6.20. The maximum atomic E-state index is 12.9. The molecule has 3 aromatic heterocycles. The van der Waals surface area contributed by atoms with E-state index in [4.69, 9.17) is 0 Å². The number of carbonyl (C=O) groups excluding carboxylic acids is 1. The van der Waals surface area contributed by atoms with E-state index in [1.807, 2.05) is 60.2 Å². The van der Waals surface area contributed by atoms with Crippen LogP contribution in [0, 0.1) is 6.92 Å². The van der Waals surface area contributed by atoms with Crippen LogP contribution in [-0.2, 0) is 7.05 Å². The number of aromatic nitrogens is 4. The van der Waals surface area contributed by atoms with Crippen LogP contribution in [-0.4, -0.2) is 36.5 Å². The van der Waals surface area contributed by atoms with Crippen LogP contribution in [0.1, 0.15) is 40.5 Å². The maximum absolute atomic E-state index is 12.9. The molecule has 4 rings (SSSR count). The molecule has 0 radical (unpaired) electrons. The van der Waals surface area contributed by atoms with Crippen molar-refractivity contribution >= 4 is 11.6 Å². The Hall–Kier alpha value is -2.63. The van der Waals surface area contributed by atoms with E-state index in [0.29, 0.717) is 5.69 Å². The minimum atomic E-state index is -0.00212. The van der Waals surface area contributed by atoms with E-state index >= 15 is 0 Å². The summed E-state index contributed by atoms with van der Waals surface area (Å²) in [7, 11) is 1.90. The molecule has 23 heavy (non-hydrogen) atoms. The third-order valence-electron chi connectivity index (χ3n) is 4.46. The molecule has 0 bridgehead atoms. The molecule has 1 atom stereocenters. The predicted molar refractivity (Wildman–Crippen MR) is 86.1 cm³/mol. The van der Waals surface area contributed by atoms with E-state index in [0.717, 1.165) is 36.2 Å². The van der Waals surface area contributed by atoms with Crippen molar-refractivity contribution in [1.82, 2.24) is 24.1 Å². The van der Waals surface area contributed by atoms with Gasteiger partial charge in [0, 0.05) is 37.7 Å². The van der Waals surface area contributed by atoms with Crippen LogP contribution in [0.4, 0.5) is 0 Å². The number of fused-ring (bicyclic) bond motifs is 1. The number of amides is 1. The van der Waals surface area contributed by atoms with Gasteiger partial charge in [-0.3, -0.25) is 9.48 Å². The fraction of sp³-hybridized carbons (Fsp3) is 0.353. The van der Waals surface area contributed by atoms with Gasteiger partial charge in [0.2, 0.25) is 0 Å². The van der Waals surface area contributed by atoms with Crippen LogP contribution in [0.3, 0.4) is 0 Å². The highest BCUT2D eigenvalue weighted by atomic mass is 16.2. The number of carbonyl (C=O) groups is 1. The molecule has 0 N–H and O–H groups in total. The van der Waals surface area contributed by atoms with Gasteiger partial charge in [-0.05, 0) is 37.5 Å². The number of nitrogens with zero attached hydrogens (tertiary/aromatic N) is 5. The molecule has 4 heterocycles. The van der Waals surface area contributed by atoms with E-state index in [1.165, 1.54) is 0 Å². The summed E-state index contributed by atoms with van der Waals surface area (Å²) in [6, 6.07) is 4.10. The molecule has 0 spiro atoms. The standard InChI is InChI=1S/C17H19N5O/c1-12-5-7-21-11-14(19-16(21)8-12)17(23)22-6-3-4-15(22)13-9-18-20(2)10-13/h5,7-11,15H,3-4,6H2,1-2H3. The van der Waals surface area contributed by atoms with E-state index < -0.39 is 0 Å². The second kappa shape index (κ2) is 5.22. The Morgan fingerprint density at radius 1 is 1.35 bits per heavy atom. The normalized spacial score (nSPS) is 18.0. The van der Waals surface area contributed by atoms with Crippen LogP contribution in [0.2, 0.25) is 0 Å². The quantitative estimate of drug-likeness (QED) is 0.730. The summed E-state index contributed by atoms with van der Waals surface area (Å²) < 4.78 is 3.68. The molecule has 0 aromatic carbocycles. The van der Waals surface area contributed by atoms with Crippen molar-refractivity contribution in [2.24, 2.45) is 7.05 Å². The van der Waals surface area contributed by atoms with Crippen LogP contribution < -0.4 is 0 Å². The maximum Gasteiger partial charge on any atom is 0.274 e. The SMILES string of the molecule is Cc1ccn2cc(C(=O)N3CCCC3c3cnn(C)c3)nc2c1. The number of rotatable bonds is 2. The first-order valence-corrected chi connectivity index (χ1v) is 7.87. The number of imidazole rings is 1. The van der Waals surface area contributed by atoms with Crippen molar-refractivity contribution in [3.05, 3.63) is 53.7 Å². The lowest BCUT2D eigenvalue weighted by atomic mass is 10.1. The zero-order valence-corrected chi connectivity index (χ0v) is 13.3. The Bertz CT molecular complexity index is 878. The molecule has 1 aliphatic heterocycles. The summed E-state index contributed by atoms with van der Waals surface area (Å²) in [4.78, 5) is 19.3. The highest BCUT2D eigenvalue weighted by Gasteiger charge is 2.32. The molecule has 3 aromatic rings. The Kier molecular flexibility index (Phi) is 3.18. The van der Waals surface area contributed by atoms with Crippen LogP contribution >= 0.6 is 0 Å². The molecule has 1 amide bonds. The molecular weight excluding hydrogens is 290 g/mol. The summed E-state index contributed by atoms with van der Waals surface area (Å²) in [6.45, 7) is 2.79. The summed E-state index contributed by atoms with van der Waals surface area (Å²) in [5.41, 5.74) is 3.55. The van der Waals surface area contributed by atoms with Crippen LogP contribution in [0.25, 0.3) is 5.65 Å². The van der Waals surface area contributed by atoms with E-state index in [1.54, 1.807) is 4.68 Å². The highest BCUT2D eigenvalue weighted by Crippen LogP contribution is 2.32. The molecule has 6 heteroatoms. The van der Waals surface area contributed by atoms with Crippen molar-refractivity contribution in [1.29, 1.82) is 0 Å². The predicted octanol–water partition coefficient (Wildman–Crippen LogP) is 2.35. The fourth-order valence-corrected chi connectivity index (χ4v) is 3.30. The fourth-order valence-electron chi connectivity index (χ4n) is 3.30. The summed E-state index contributed by atoms with van der Waals surface area (Å²) >= 11 is 0. The number of pyridine rings is 1. The zero-order chi connectivity index (χ0) is 16.0. The van der Waals surface area contributed by atoms with Gasteiger partial charge in [-0.2, -0.15) is 5.10 Å². The number of hydrogen-bond donors (Lipinski definition) is 0. The third-order valence-corrected chi connectivity index (χ3v) is 4.46. The Labute approximate surface area is 134 Å². The zero-order valence-electron chi connectivity index (χ0n) is 13.3. The van der Waals surface area contributed by atoms with Crippen molar-refractivity contribution in [3.63, 3.8) is 0 Å². The second-order valence-corrected chi connectivity index (χ2v) is 6.20. The average Bonchev–Trinajstić information content (AvgIpc) is 3.23. The van der Waals surface area contributed by atoms with Gasteiger partial charge in [0.05, 0.1) is 12.2 Å². The van der Waals surface area contributed by atoms with Gasteiger partial charge in [0.1, 0.15) is 11.3 Å². The molecular formula is C17H19N5O. The third kappa shape index (κ3) is 2.40. The van der Waals surface area contributed by atoms with Gasteiger partial charge in [-0.15, -0.1) is 0 Å². The van der Waals surface area contributed by atoms with E-state index in [2.05, 4.69) is 10.1 Å². The molecule has 1 fully saturated rings. The largest absolute Gasteiger partial charge is 0.330 e. The molecule has 0 saturated carbocycles. The van der Waals surface area contributed by atoms with E-state index in [-0.39, 0.29) is 11.9 Å². The Morgan fingerprint density at radius 2 is 2.22 bits per heavy atom. The first-order chi connectivity index (χ1) is 11.1. The monoisotopic (exact) mass is 309 g/mol. The van der Waals surface area contributed by atoms with Gasteiger partial charge >= 0.3 is 0 Å². The molecule has 6 nitrogen and oxygen atoms in total. The Balaban J connectivity index is 1.66. The van der Waals surface area contributed by atoms with Gasteiger partial charge in [0.15, 0.2) is 0 Å². The number of likely N-dealkylation sites (tertiary alicyclic amines) is 1. The van der Waals surface area contributed by atoms with E-state index in [9.17, 15) is 4.79 Å². The lowest BCUT2D eigenvalue weighted by molar-refractivity contribution is 0.0730. The summed E-state index contributed by atoms with van der Waals surface area (Å²) in [6.07, 6.45) is 9.58. The lowest BCUT2D eigenvalue weighted by Gasteiger charge is -2.22. The van der Waals surface area contributed by atoms with Crippen molar-refractivity contribution in [2.45, 2.75) is 25.8 Å². The first-order valence-electron chi connectivity index (χ1n) is 7.87. The van der Waals surface area contributed by atoms with Gasteiger partial charge < -0.3 is 9.30 Å². The van der Waals surface area contributed by atoms with Crippen molar-refractivity contribution < 1.29 is 4.79 Å². The molecule has 1 aliphatic rings. The Morgan fingerprint density at radius 3 is 3.00 bits per heavy atom. The first kappa shape index (κ1) is 14.0. The topological polar surface area (TPSA) is 55.4 Å². The average molecular weight is 309 g/mol. The molecule has 118 valence electrons. The number of aryl methyl sites for hydroxylation is 2. The minimum Gasteiger partial charge on any atom is -0.330 e. The number of hydrogen-bond acceptors (Lipinski definition) is 3. The lowest BCUT2D eigenvalue weighted by Crippen LogP contribution is -2.30. The van der Waals surface area contributed by atoms with Crippen molar-refractivity contribution in [3.8, 4) is 0 Å². The van der Waals surface area contributed by atoms with Crippen molar-refractivity contribution in [2.75, 3.05) is 6.54 Å². The minimum absolute atomic E-state index is 0.00212.